The summed E-state index contributed by atoms with van der Waals surface area (Å²) in [6.45, 7) is 0. The summed E-state index contributed by atoms with van der Waals surface area (Å²) in [7, 11) is 0. The highest BCUT2D eigenvalue weighted by molar-refractivity contribution is 6.32. The molecule has 1 aromatic heterocycles. The van der Waals surface area contributed by atoms with E-state index in [9.17, 15) is 4.39 Å². The molecule has 0 unspecified atom stereocenters. The van der Waals surface area contributed by atoms with Crippen molar-refractivity contribution in [3.05, 3.63) is 41.3 Å². The molecule has 0 saturated heterocycles. The maximum absolute atomic E-state index is 13.3. The van der Waals surface area contributed by atoms with Gasteiger partial charge in [0.05, 0.1) is 6.20 Å². The molecule has 0 atom stereocenters. The van der Waals surface area contributed by atoms with Gasteiger partial charge >= 0.3 is 0 Å². The van der Waals surface area contributed by atoms with Crippen molar-refractivity contribution in [3.8, 4) is 5.69 Å². The average molecular weight is 212 g/mol. The van der Waals surface area contributed by atoms with E-state index in [1.807, 2.05) is 0 Å². The van der Waals surface area contributed by atoms with Crippen molar-refractivity contribution in [1.29, 1.82) is 0 Å². The van der Waals surface area contributed by atoms with Gasteiger partial charge in [-0.2, -0.15) is 0 Å². The average Bonchev–Trinajstić information content (AvgIpc) is 2.48. The van der Waals surface area contributed by atoms with Crippen molar-refractivity contribution in [1.82, 2.24) is 9.78 Å². The van der Waals surface area contributed by atoms with Gasteiger partial charge in [-0.25, -0.2) is 9.07 Å². The molecule has 2 N–H and O–H groups in total. The lowest BCUT2D eigenvalue weighted by Gasteiger charge is -2.00. The molecular weight excluding hydrogens is 205 g/mol. The lowest BCUT2D eigenvalue weighted by Crippen LogP contribution is -1.98. The number of hydrogen-bond donors (Lipinski definition) is 1. The van der Waals surface area contributed by atoms with Gasteiger partial charge in [0, 0.05) is 0 Å². The van der Waals surface area contributed by atoms with Crippen LogP contribution < -0.4 is 5.73 Å². The predicted molar refractivity (Wildman–Crippen MR) is 52.9 cm³/mol. The van der Waals surface area contributed by atoms with Crippen molar-refractivity contribution >= 4 is 17.4 Å². The third-order valence-corrected chi connectivity index (χ3v) is 2.09. The van der Waals surface area contributed by atoms with Crippen LogP contribution in [0.3, 0.4) is 0 Å². The van der Waals surface area contributed by atoms with Gasteiger partial charge in [0.2, 0.25) is 0 Å². The second-order valence-corrected chi connectivity index (χ2v) is 3.17. The first kappa shape index (κ1) is 9.02. The van der Waals surface area contributed by atoms with E-state index in [2.05, 4.69) is 5.10 Å². The van der Waals surface area contributed by atoms with E-state index in [1.165, 1.54) is 16.9 Å². The SMILES string of the molecule is Nc1nn(-c2ccccc2F)cc1Cl. The minimum atomic E-state index is -0.369. The number of nitrogen functional groups attached to an aromatic ring is 1. The zero-order valence-corrected chi connectivity index (χ0v) is 7.87. The Kier molecular flexibility index (Phi) is 2.13. The van der Waals surface area contributed by atoms with Crippen LogP contribution in [0.1, 0.15) is 0 Å². The fraction of sp³-hybridized carbons (Fsp3) is 0. The molecule has 0 aliphatic carbocycles. The summed E-state index contributed by atoms with van der Waals surface area (Å²) in [6.07, 6.45) is 1.47. The third kappa shape index (κ3) is 1.44. The van der Waals surface area contributed by atoms with Gasteiger partial charge in [-0.1, -0.05) is 23.7 Å². The van der Waals surface area contributed by atoms with E-state index in [4.69, 9.17) is 17.3 Å². The van der Waals surface area contributed by atoms with Crippen LogP contribution in [0, 0.1) is 5.82 Å². The summed E-state index contributed by atoms with van der Waals surface area (Å²) in [4.78, 5) is 0. The Balaban J connectivity index is 2.55. The van der Waals surface area contributed by atoms with Gasteiger partial charge < -0.3 is 5.73 Å². The summed E-state index contributed by atoms with van der Waals surface area (Å²) < 4.78 is 14.6. The van der Waals surface area contributed by atoms with Crippen LogP contribution in [0.4, 0.5) is 10.2 Å². The number of hydrogen-bond acceptors (Lipinski definition) is 2. The molecule has 0 aliphatic heterocycles. The second-order valence-electron chi connectivity index (χ2n) is 2.76. The van der Waals surface area contributed by atoms with Crippen LogP contribution in [0.15, 0.2) is 30.5 Å². The summed E-state index contributed by atoms with van der Waals surface area (Å²) in [5.74, 6) is -0.179. The zero-order valence-electron chi connectivity index (χ0n) is 7.11. The summed E-state index contributed by atoms with van der Waals surface area (Å²) >= 11 is 5.70. The lowest BCUT2D eigenvalue weighted by molar-refractivity contribution is 0.611. The van der Waals surface area contributed by atoms with Gasteiger partial charge in [-0.15, -0.1) is 5.10 Å². The van der Waals surface area contributed by atoms with Gasteiger partial charge in [-0.3, -0.25) is 0 Å². The fourth-order valence-electron chi connectivity index (χ4n) is 1.13. The Morgan fingerprint density at radius 2 is 2.07 bits per heavy atom. The molecule has 0 saturated carbocycles. The van der Waals surface area contributed by atoms with Crippen molar-refractivity contribution in [3.63, 3.8) is 0 Å². The van der Waals surface area contributed by atoms with Crippen molar-refractivity contribution in [2.45, 2.75) is 0 Å². The van der Waals surface area contributed by atoms with Gasteiger partial charge in [0.1, 0.15) is 16.5 Å². The first-order valence-electron chi connectivity index (χ1n) is 3.94. The molecule has 2 aromatic rings. The highest BCUT2D eigenvalue weighted by Crippen LogP contribution is 2.19. The third-order valence-electron chi connectivity index (χ3n) is 1.80. The highest BCUT2D eigenvalue weighted by atomic mass is 35.5. The first-order valence-corrected chi connectivity index (χ1v) is 4.32. The summed E-state index contributed by atoms with van der Waals surface area (Å²) in [5.41, 5.74) is 5.77. The largest absolute Gasteiger partial charge is 0.381 e. The van der Waals surface area contributed by atoms with E-state index < -0.39 is 0 Å². The molecule has 1 aromatic carbocycles. The van der Waals surface area contributed by atoms with Gasteiger partial charge in [0.15, 0.2) is 5.82 Å². The molecule has 0 fully saturated rings. The van der Waals surface area contributed by atoms with Crippen LogP contribution in [0.25, 0.3) is 5.69 Å². The zero-order chi connectivity index (χ0) is 10.1. The minimum absolute atomic E-state index is 0.190. The summed E-state index contributed by atoms with van der Waals surface area (Å²) in [5, 5.41) is 4.18. The molecule has 2 rings (SSSR count). The molecule has 1 heterocycles. The van der Waals surface area contributed by atoms with E-state index in [0.29, 0.717) is 10.7 Å². The maximum atomic E-state index is 13.3. The lowest BCUT2D eigenvalue weighted by atomic mass is 10.3. The standard InChI is InChI=1S/C9H7ClFN3/c10-6-5-14(13-9(6)12)8-4-2-1-3-7(8)11/h1-5H,(H2,12,13). The van der Waals surface area contributed by atoms with Crippen molar-refractivity contribution < 1.29 is 4.39 Å². The number of anilines is 1. The Morgan fingerprint density at radius 3 is 2.64 bits per heavy atom. The fourth-order valence-corrected chi connectivity index (χ4v) is 1.26. The molecule has 0 spiro atoms. The molecule has 0 bridgehead atoms. The van der Waals surface area contributed by atoms with Crippen molar-refractivity contribution in [2.24, 2.45) is 0 Å². The van der Waals surface area contributed by atoms with Crippen LogP contribution in [-0.2, 0) is 0 Å². The molecule has 72 valence electrons. The van der Waals surface area contributed by atoms with Crippen LogP contribution in [0.2, 0.25) is 5.02 Å². The molecule has 3 nitrogen and oxygen atoms in total. The quantitative estimate of drug-likeness (QED) is 0.786. The monoisotopic (exact) mass is 211 g/mol. The molecule has 0 amide bonds. The number of benzene rings is 1. The minimum Gasteiger partial charge on any atom is -0.381 e. The number of para-hydroxylation sites is 1. The number of halogens is 2. The van der Waals surface area contributed by atoms with Gasteiger partial charge in [0.25, 0.3) is 0 Å². The normalized spacial score (nSPS) is 10.4. The number of nitrogens with two attached hydrogens (primary N) is 1. The Labute approximate surface area is 84.9 Å². The topological polar surface area (TPSA) is 43.8 Å². The Bertz CT molecular complexity index is 447. The van der Waals surface area contributed by atoms with E-state index in [1.54, 1.807) is 18.2 Å². The van der Waals surface area contributed by atoms with Crippen LogP contribution in [0.5, 0.6) is 0 Å². The van der Waals surface area contributed by atoms with Crippen LogP contribution in [-0.4, -0.2) is 9.78 Å². The van der Waals surface area contributed by atoms with Gasteiger partial charge in [-0.05, 0) is 12.1 Å². The summed E-state index contributed by atoms with van der Waals surface area (Å²) in [6, 6.07) is 6.26. The maximum Gasteiger partial charge on any atom is 0.164 e. The Hall–Kier alpha value is -1.55. The number of aromatic nitrogens is 2. The molecule has 14 heavy (non-hydrogen) atoms. The second kappa shape index (κ2) is 3.31. The van der Waals surface area contributed by atoms with E-state index in [0.717, 1.165) is 0 Å². The number of rotatable bonds is 1. The highest BCUT2D eigenvalue weighted by Gasteiger charge is 2.07. The smallest absolute Gasteiger partial charge is 0.164 e. The van der Waals surface area contributed by atoms with E-state index >= 15 is 0 Å². The Morgan fingerprint density at radius 1 is 1.36 bits per heavy atom. The first-order chi connectivity index (χ1) is 6.68. The van der Waals surface area contributed by atoms with Crippen LogP contribution >= 0.6 is 11.6 Å². The number of nitrogens with zero attached hydrogens (tertiary/aromatic N) is 2. The van der Waals surface area contributed by atoms with Crippen molar-refractivity contribution in [2.75, 3.05) is 5.73 Å². The molecule has 5 heteroatoms. The van der Waals surface area contributed by atoms with E-state index in [-0.39, 0.29) is 11.6 Å². The predicted octanol–water partition coefficient (Wildman–Crippen LogP) is 2.25. The molecule has 0 radical (unpaired) electrons. The molecule has 0 aliphatic rings. The molecular formula is C9H7ClFN3.